The number of ketones is 1. The molecular weight excluding hydrogens is 569 g/mol. The Morgan fingerprint density at radius 2 is 1.59 bits per heavy atom. The van der Waals surface area contributed by atoms with Crippen molar-refractivity contribution in [2.75, 3.05) is 5.75 Å². The van der Waals surface area contributed by atoms with Gasteiger partial charge in [0.1, 0.15) is 5.78 Å². The molecule has 202 valence electrons. The van der Waals surface area contributed by atoms with E-state index in [0.29, 0.717) is 45.4 Å². The average Bonchev–Trinajstić information content (AvgIpc) is 3.51. The molecule has 5 rings (SSSR count). The summed E-state index contributed by atoms with van der Waals surface area (Å²) in [5.74, 6) is -1.70. The number of rotatable bonds is 9. The highest BCUT2D eigenvalue weighted by molar-refractivity contribution is 7.91. The summed E-state index contributed by atoms with van der Waals surface area (Å²) in [4.78, 5) is 17.4. The Morgan fingerprint density at radius 1 is 0.949 bits per heavy atom. The van der Waals surface area contributed by atoms with Crippen molar-refractivity contribution in [2.24, 2.45) is 0 Å². The summed E-state index contributed by atoms with van der Waals surface area (Å²) >= 11 is 13.3. The Labute approximate surface area is 233 Å². The predicted octanol–water partition coefficient (Wildman–Crippen LogP) is 6.55. The lowest BCUT2D eigenvalue weighted by Gasteiger charge is -2.16. The van der Waals surface area contributed by atoms with Crippen LogP contribution in [0.3, 0.4) is 0 Å². The molecule has 0 atom stereocenters. The smallest absolute Gasteiger partial charge is 0.258 e. The van der Waals surface area contributed by atoms with Crippen molar-refractivity contribution in [3.05, 3.63) is 98.8 Å². The van der Waals surface area contributed by atoms with Gasteiger partial charge in [0.05, 0.1) is 16.1 Å². The monoisotopic (exact) mass is 590 g/mol. The first-order valence-corrected chi connectivity index (χ1v) is 14.5. The van der Waals surface area contributed by atoms with E-state index in [4.69, 9.17) is 27.7 Å². The molecule has 0 bridgehead atoms. The molecule has 39 heavy (non-hydrogen) atoms. The van der Waals surface area contributed by atoms with Crippen LogP contribution in [0.25, 0.3) is 11.5 Å². The molecule has 0 spiro atoms. The van der Waals surface area contributed by atoms with Crippen LogP contribution in [0, 0.1) is 11.6 Å². The van der Waals surface area contributed by atoms with E-state index in [-0.39, 0.29) is 40.7 Å². The summed E-state index contributed by atoms with van der Waals surface area (Å²) in [6.07, 6.45) is 1.53. The van der Waals surface area contributed by atoms with Crippen LogP contribution in [-0.4, -0.2) is 30.1 Å². The summed E-state index contributed by atoms with van der Waals surface area (Å²) < 4.78 is 56.3. The van der Waals surface area contributed by atoms with Crippen LogP contribution in [0.2, 0.25) is 10.0 Å². The molecule has 1 aliphatic carbocycles. The van der Waals surface area contributed by atoms with Crippen LogP contribution < -0.4 is 0 Å². The summed E-state index contributed by atoms with van der Waals surface area (Å²) in [5, 5.41) is 4.79. The highest BCUT2D eigenvalue weighted by atomic mass is 35.5. The maximum Gasteiger partial charge on any atom is 0.258 e. The minimum Gasteiger partial charge on any atom is -0.334 e. The molecule has 1 saturated carbocycles. The van der Waals surface area contributed by atoms with Crippen molar-refractivity contribution in [1.82, 2.24) is 10.1 Å². The van der Waals surface area contributed by atoms with Crippen LogP contribution in [0.5, 0.6) is 0 Å². The minimum absolute atomic E-state index is 0.00615. The summed E-state index contributed by atoms with van der Waals surface area (Å²) in [6, 6.07) is 13.0. The second-order valence-electron chi connectivity index (χ2n) is 9.51. The molecule has 1 aromatic heterocycles. The fourth-order valence-electron chi connectivity index (χ4n) is 4.56. The van der Waals surface area contributed by atoms with E-state index in [1.165, 1.54) is 18.2 Å². The number of hydrogen-bond acceptors (Lipinski definition) is 6. The third-order valence-corrected chi connectivity index (χ3v) is 9.16. The summed E-state index contributed by atoms with van der Waals surface area (Å²) in [6.45, 7) is 1.58. The van der Waals surface area contributed by atoms with Gasteiger partial charge in [0.15, 0.2) is 27.3 Å². The zero-order valence-electron chi connectivity index (χ0n) is 20.7. The van der Waals surface area contributed by atoms with Gasteiger partial charge in [-0.1, -0.05) is 47.4 Å². The van der Waals surface area contributed by atoms with Gasteiger partial charge in [-0.05, 0) is 66.4 Å². The van der Waals surface area contributed by atoms with Crippen molar-refractivity contribution in [3.8, 4) is 11.5 Å². The molecule has 1 aliphatic rings. The van der Waals surface area contributed by atoms with Crippen molar-refractivity contribution in [2.45, 2.75) is 42.9 Å². The first-order chi connectivity index (χ1) is 18.5. The van der Waals surface area contributed by atoms with E-state index in [9.17, 15) is 22.0 Å². The maximum absolute atomic E-state index is 13.7. The number of aromatic nitrogens is 2. The van der Waals surface area contributed by atoms with E-state index in [2.05, 4.69) is 10.1 Å². The molecule has 1 fully saturated rings. The van der Waals surface area contributed by atoms with Gasteiger partial charge in [-0.15, -0.1) is 0 Å². The zero-order valence-corrected chi connectivity index (χ0v) is 23.0. The van der Waals surface area contributed by atoms with Gasteiger partial charge < -0.3 is 4.52 Å². The molecular formula is C28H22Cl2F2N2O4S. The quantitative estimate of drug-likeness (QED) is 0.219. The van der Waals surface area contributed by atoms with E-state index < -0.39 is 26.9 Å². The molecule has 0 amide bonds. The molecule has 3 aromatic carbocycles. The molecule has 1 heterocycles. The standard InChI is InChI=1S/C28H22Cl2F2N2O4S/c1-2-39(36,37)20-6-3-16(4-7-20)11-19(35)12-17-13-21(29)25(22(30)14-17)28(9-10-28)27-33-26(38-34-27)18-5-8-23(31)24(32)15-18/h3-8,13-15H,2,9-12H2,1H3. The van der Waals surface area contributed by atoms with Crippen LogP contribution in [-0.2, 0) is 32.9 Å². The molecule has 0 saturated heterocycles. The third-order valence-electron chi connectivity index (χ3n) is 6.82. The minimum atomic E-state index is -3.31. The number of Topliss-reactive ketones (excluding diaryl/α,β-unsaturated/α-hetero) is 1. The zero-order chi connectivity index (χ0) is 27.9. The Hall–Kier alpha value is -3.14. The number of benzene rings is 3. The normalized spacial score (nSPS) is 14.4. The van der Waals surface area contributed by atoms with Crippen LogP contribution in [0.1, 0.15) is 42.3 Å². The lowest BCUT2D eigenvalue weighted by Crippen LogP contribution is -2.13. The highest BCUT2D eigenvalue weighted by Crippen LogP contribution is 2.56. The van der Waals surface area contributed by atoms with Crippen molar-refractivity contribution in [1.29, 1.82) is 0 Å². The SMILES string of the molecule is CCS(=O)(=O)c1ccc(CC(=O)Cc2cc(Cl)c(C3(c4noc(-c5ccc(F)c(F)c5)n4)CC3)c(Cl)c2)cc1. The van der Waals surface area contributed by atoms with Crippen LogP contribution in [0.4, 0.5) is 8.78 Å². The third kappa shape index (κ3) is 5.48. The highest BCUT2D eigenvalue weighted by Gasteiger charge is 2.52. The fourth-order valence-corrected chi connectivity index (χ4v) is 6.34. The molecule has 0 unspecified atom stereocenters. The van der Waals surface area contributed by atoms with Gasteiger partial charge in [0, 0.05) is 34.0 Å². The van der Waals surface area contributed by atoms with Gasteiger partial charge in [0.25, 0.3) is 5.89 Å². The molecule has 0 N–H and O–H groups in total. The average molecular weight is 591 g/mol. The Balaban J connectivity index is 1.33. The number of halogens is 4. The van der Waals surface area contributed by atoms with Gasteiger partial charge in [-0.3, -0.25) is 4.79 Å². The first-order valence-electron chi connectivity index (χ1n) is 12.1. The topological polar surface area (TPSA) is 90.1 Å². The first kappa shape index (κ1) is 27.4. The molecule has 0 radical (unpaired) electrons. The van der Waals surface area contributed by atoms with E-state index in [1.54, 1.807) is 31.2 Å². The van der Waals surface area contributed by atoms with E-state index >= 15 is 0 Å². The molecule has 6 nitrogen and oxygen atoms in total. The molecule has 11 heteroatoms. The number of carbonyl (C=O) groups excluding carboxylic acids is 1. The van der Waals surface area contributed by atoms with Crippen LogP contribution >= 0.6 is 23.2 Å². The van der Waals surface area contributed by atoms with Crippen molar-refractivity contribution in [3.63, 3.8) is 0 Å². The second kappa shape index (κ2) is 10.4. The van der Waals surface area contributed by atoms with Gasteiger partial charge in [0.2, 0.25) is 0 Å². The Morgan fingerprint density at radius 3 is 2.18 bits per heavy atom. The Bertz CT molecular complexity index is 1660. The van der Waals surface area contributed by atoms with E-state index in [1.807, 2.05) is 0 Å². The van der Waals surface area contributed by atoms with Gasteiger partial charge >= 0.3 is 0 Å². The fraction of sp³-hybridized carbons (Fsp3) is 0.250. The summed E-state index contributed by atoms with van der Waals surface area (Å²) in [5.41, 5.74) is 1.52. The lowest BCUT2D eigenvalue weighted by molar-refractivity contribution is -0.117. The van der Waals surface area contributed by atoms with Gasteiger partial charge in [-0.2, -0.15) is 4.98 Å². The van der Waals surface area contributed by atoms with Crippen LogP contribution in [0.15, 0.2) is 64.0 Å². The molecule has 0 aliphatic heterocycles. The predicted molar refractivity (Wildman–Crippen MR) is 143 cm³/mol. The van der Waals surface area contributed by atoms with E-state index in [0.717, 1.165) is 12.1 Å². The number of hydrogen-bond donors (Lipinski definition) is 0. The Kier molecular flexibility index (Phi) is 7.35. The number of carbonyl (C=O) groups is 1. The second-order valence-corrected chi connectivity index (χ2v) is 12.6. The molecule has 4 aromatic rings. The lowest BCUT2D eigenvalue weighted by atomic mass is 9.92. The number of sulfone groups is 1. The van der Waals surface area contributed by atoms with Crippen molar-refractivity contribution >= 4 is 38.8 Å². The number of nitrogens with zero attached hydrogens (tertiary/aromatic N) is 2. The van der Waals surface area contributed by atoms with Gasteiger partial charge in [-0.25, -0.2) is 17.2 Å². The largest absolute Gasteiger partial charge is 0.334 e. The maximum atomic E-state index is 13.7. The van der Waals surface area contributed by atoms with Crippen molar-refractivity contribution < 1.29 is 26.5 Å². The summed E-state index contributed by atoms with van der Waals surface area (Å²) in [7, 11) is -3.31.